The van der Waals surface area contributed by atoms with Crippen molar-refractivity contribution in [1.29, 1.82) is 0 Å². The number of carbonyl (C=O) groups is 1. The smallest absolute Gasteiger partial charge is 0.305 e. The molecule has 0 saturated carbocycles. The van der Waals surface area contributed by atoms with Gasteiger partial charge in [-0.25, -0.2) is 0 Å². The number of hydrogen-bond donors (Lipinski definition) is 0. The van der Waals surface area contributed by atoms with Crippen LogP contribution in [0.3, 0.4) is 0 Å². The molecule has 0 rings (SSSR count). The van der Waals surface area contributed by atoms with E-state index in [0.29, 0.717) is 19.3 Å². The van der Waals surface area contributed by atoms with Crippen molar-refractivity contribution in [2.45, 2.75) is 39.2 Å². The Morgan fingerprint density at radius 1 is 1.62 bits per heavy atom. The Morgan fingerprint density at radius 3 is 2.69 bits per heavy atom. The highest BCUT2D eigenvalue weighted by Gasteiger charge is 2.11. The Kier molecular flexibility index (Phi) is 5.84. The second-order valence-corrected chi connectivity index (χ2v) is 2.85. The lowest BCUT2D eigenvalue weighted by molar-refractivity contribution is -0.519. The first-order chi connectivity index (χ1) is 6.07. The van der Waals surface area contributed by atoms with E-state index < -0.39 is 6.04 Å². The molecule has 0 amide bonds. The van der Waals surface area contributed by atoms with Crippen LogP contribution in [0.4, 0.5) is 0 Å². The Hall–Kier alpha value is -1.13. The number of hydrogen-bond acceptors (Lipinski definition) is 4. The highest BCUT2D eigenvalue weighted by molar-refractivity contribution is 5.68. The maximum atomic E-state index is 10.6. The summed E-state index contributed by atoms with van der Waals surface area (Å²) in [6.45, 7) is 3.54. The number of ether oxygens (including phenoxy) is 1. The molecule has 76 valence electrons. The van der Waals surface area contributed by atoms with E-state index in [4.69, 9.17) is 4.74 Å². The first kappa shape index (κ1) is 11.9. The van der Waals surface area contributed by atoms with Gasteiger partial charge in [0.15, 0.2) is 0 Å². The number of nitro groups is 1. The first-order valence-electron chi connectivity index (χ1n) is 4.37. The number of nitrogens with zero attached hydrogens (tertiary/aromatic N) is 1. The molecular formula is C8H15NO4. The molecule has 5 heteroatoms. The van der Waals surface area contributed by atoms with Gasteiger partial charge in [-0.15, -0.1) is 0 Å². The van der Waals surface area contributed by atoms with Gasteiger partial charge in [0.1, 0.15) is 0 Å². The largest absolute Gasteiger partial charge is 0.466 e. The topological polar surface area (TPSA) is 69.4 Å². The molecule has 0 aliphatic rings. The maximum Gasteiger partial charge on any atom is 0.305 e. The van der Waals surface area contributed by atoms with Crippen LogP contribution in [0.25, 0.3) is 0 Å². The monoisotopic (exact) mass is 189 g/mol. The minimum absolute atomic E-state index is 0.256. The van der Waals surface area contributed by atoms with Crippen LogP contribution in [-0.2, 0) is 9.53 Å². The highest BCUT2D eigenvalue weighted by Crippen LogP contribution is 2.00. The molecule has 0 saturated heterocycles. The predicted octanol–water partition coefficient (Wildman–Crippen LogP) is 1.39. The van der Waals surface area contributed by atoms with Crippen LogP contribution in [-0.4, -0.2) is 23.5 Å². The van der Waals surface area contributed by atoms with Gasteiger partial charge in [-0.2, -0.15) is 0 Å². The molecule has 0 aromatic rings. The van der Waals surface area contributed by atoms with Crippen molar-refractivity contribution in [3.05, 3.63) is 10.1 Å². The molecule has 1 unspecified atom stereocenters. The second-order valence-electron chi connectivity index (χ2n) is 2.85. The standard InChI is InChI=1S/C8H15NO4/c1-3-8(10)13-6-4-5-7(2)9(11)12/h7H,3-6H2,1-2H3. The maximum absolute atomic E-state index is 10.6. The van der Waals surface area contributed by atoms with Crippen LogP contribution in [0.5, 0.6) is 0 Å². The molecule has 0 aromatic heterocycles. The molecule has 0 radical (unpaired) electrons. The summed E-state index contributed by atoms with van der Waals surface area (Å²) in [6.07, 6.45) is 1.35. The van der Waals surface area contributed by atoms with E-state index in [2.05, 4.69) is 0 Å². The molecule has 0 heterocycles. The molecule has 0 aliphatic carbocycles. The van der Waals surface area contributed by atoms with Crippen molar-refractivity contribution in [1.82, 2.24) is 0 Å². The molecule has 0 fully saturated rings. The first-order valence-corrected chi connectivity index (χ1v) is 4.37. The molecule has 13 heavy (non-hydrogen) atoms. The summed E-state index contributed by atoms with van der Waals surface area (Å²) in [7, 11) is 0. The van der Waals surface area contributed by atoms with Crippen molar-refractivity contribution in [3.63, 3.8) is 0 Å². The zero-order chi connectivity index (χ0) is 10.3. The Bertz CT molecular complexity index is 181. The highest BCUT2D eigenvalue weighted by atomic mass is 16.6. The summed E-state index contributed by atoms with van der Waals surface area (Å²) in [6, 6.07) is -0.555. The summed E-state index contributed by atoms with van der Waals surface area (Å²) in [4.78, 5) is 20.5. The Labute approximate surface area is 77.2 Å². The van der Waals surface area contributed by atoms with E-state index in [1.165, 1.54) is 0 Å². The molecule has 0 N–H and O–H groups in total. The number of esters is 1. The van der Waals surface area contributed by atoms with Crippen molar-refractivity contribution in [2.75, 3.05) is 6.61 Å². The van der Waals surface area contributed by atoms with Gasteiger partial charge in [0.05, 0.1) is 6.61 Å². The van der Waals surface area contributed by atoms with Crippen molar-refractivity contribution in [2.24, 2.45) is 0 Å². The third-order valence-corrected chi connectivity index (χ3v) is 1.68. The molecular weight excluding hydrogens is 174 g/mol. The van der Waals surface area contributed by atoms with E-state index in [1.807, 2.05) is 0 Å². The third kappa shape index (κ3) is 6.07. The molecule has 5 nitrogen and oxygen atoms in total. The summed E-state index contributed by atoms with van der Waals surface area (Å²) < 4.78 is 4.76. The van der Waals surface area contributed by atoms with Gasteiger partial charge in [-0.05, 0) is 6.42 Å². The normalized spacial score (nSPS) is 12.2. The van der Waals surface area contributed by atoms with Gasteiger partial charge in [0.2, 0.25) is 6.04 Å². The lowest BCUT2D eigenvalue weighted by atomic mass is 10.2. The van der Waals surface area contributed by atoms with Crippen LogP contribution in [0.2, 0.25) is 0 Å². The van der Waals surface area contributed by atoms with Crippen LogP contribution >= 0.6 is 0 Å². The molecule has 0 aromatic carbocycles. The minimum atomic E-state index is -0.555. The van der Waals surface area contributed by atoms with E-state index in [1.54, 1.807) is 13.8 Å². The Balaban J connectivity index is 3.35. The van der Waals surface area contributed by atoms with Gasteiger partial charge >= 0.3 is 5.97 Å². The van der Waals surface area contributed by atoms with Gasteiger partial charge in [-0.3, -0.25) is 14.9 Å². The van der Waals surface area contributed by atoms with Crippen molar-refractivity contribution < 1.29 is 14.5 Å². The van der Waals surface area contributed by atoms with E-state index in [0.717, 1.165) is 0 Å². The Morgan fingerprint density at radius 2 is 2.23 bits per heavy atom. The summed E-state index contributed by atoms with van der Waals surface area (Å²) in [5.41, 5.74) is 0. The molecule has 0 bridgehead atoms. The third-order valence-electron chi connectivity index (χ3n) is 1.68. The van der Waals surface area contributed by atoms with Crippen LogP contribution in [0.15, 0.2) is 0 Å². The SMILES string of the molecule is CCC(=O)OCCCC(C)[N+](=O)[O-]. The fraction of sp³-hybridized carbons (Fsp3) is 0.875. The fourth-order valence-corrected chi connectivity index (χ4v) is 0.772. The van der Waals surface area contributed by atoms with Crippen LogP contribution in [0.1, 0.15) is 33.1 Å². The quantitative estimate of drug-likeness (QED) is 0.274. The van der Waals surface area contributed by atoms with E-state index >= 15 is 0 Å². The summed E-state index contributed by atoms with van der Waals surface area (Å²) in [5, 5.41) is 10.2. The second kappa shape index (κ2) is 6.39. The van der Waals surface area contributed by atoms with E-state index in [-0.39, 0.29) is 17.5 Å². The summed E-state index contributed by atoms with van der Waals surface area (Å²) >= 11 is 0. The number of rotatable bonds is 6. The lowest BCUT2D eigenvalue weighted by Crippen LogP contribution is -2.16. The van der Waals surface area contributed by atoms with Crippen molar-refractivity contribution in [3.8, 4) is 0 Å². The minimum Gasteiger partial charge on any atom is -0.466 e. The fourth-order valence-electron chi connectivity index (χ4n) is 0.772. The average molecular weight is 189 g/mol. The summed E-state index contributed by atoms with van der Waals surface area (Å²) in [5.74, 6) is -0.256. The average Bonchev–Trinajstić information content (AvgIpc) is 2.11. The zero-order valence-corrected chi connectivity index (χ0v) is 7.99. The van der Waals surface area contributed by atoms with E-state index in [9.17, 15) is 14.9 Å². The van der Waals surface area contributed by atoms with Gasteiger partial charge < -0.3 is 4.74 Å². The van der Waals surface area contributed by atoms with Crippen LogP contribution < -0.4 is 0 Å². The zero-order valence-electron chi connectivity index (χ0n) is 7.99. The van der Waals surface area contributed by atoms with Gasteiger partial charge in [0, 0.05) is 24.7 Å². The van der Waals surface area contributed by atoms with Crippen molar-refractivity contribution >= 4 is 5.97 Å². The number of carbonyl (C=O) groups excluding carboxylic acids is 1. The molecule has 0 spiro atoms. The predicted molar refractivity (Wildman–Crippen MR) is 46.9 cm³/mol. The van der Waals surface area contributed by atoms with Crippen LogP contribution in [0, 0.1) is 10.1 Å². The molecule has 1 atom stereocenters. The van der Waals surface area contributed by atoms with Gasteiger partial charge in [-0.1, -0.05) is 6.92 Å². The van der Waals surface area contributed by atoms with Gasteiger partial charge in [0.25, 0.3) is 0 Å². The molecule has 0 aliphatic heterocycles. The lowest BCUT2D eigenvalue weighted by Gasteiger charge is -2.04.